The van der Waals surface area contributed by atoms with Crippen molar-refractivity contribution < 1.29 is 17.9 Å². The van der Waals surface area contributed by atoms with Crippen LogP contribution in [-0.2, 0) is 21.4 Å². The lowest BCUT2D eigenvalue weighted by Gasteiger charge is -2.13. The number of carbonyl (C=O) groups excluding carboxylic acids is 1. The van der Waals surface area contributed by atoms with E-state index in [1.807, 2.05) is 31.2 Å². The fraction of sp³-hybridized carbons (Fsp3) is 0.350. The zero-order valence-corrected chi connectivity index (χ0v) is 16.9. The average Bonchev–Trinajstić information content (AvgIpc) is 2.59. The first-order valence-electron chi connectivity index (χ1n) is 8.75. The van der Waals surface area contributed by atoms with E-state index in [1.165, 1.54) is 12.1 Å². The number of hydrogen-bond donors (Lipinski definition) is 2. The minimum absolute atomic E-state index is 0.136. The Morgan fingerprint density at radius 1 is 1.07 bits per heavy atom. The number of ether oxygens (including phenoxy) is 1. The Morgan fingerprint density at radius 3 is 2.33 bits per heavy atom. The second-order valence-electron chi connectivity index (χ2n) is 6.75. The number of aryl methyl sites for hydroxylation is 2. The molecule has 0 aliphatic heterocycles. The maximum atomic E-state index is 12.2. The minimum atomic E-state index is -3.56. The number of benzene rings is 2. The standard InChI is InChI=1S/C20H26N2O4S/c1-14(2)22-27(24,25)18-9-10-19(16(4)11-18)26-13-20(23)21-12-17-7-5-15(3)6-8-17/h5-11,14,22H,12-13H2,1-4H3,(H,21,23). The lowest BCUT2D eigenvalue weighted by Crippen LogP contribution is -2.30. The molecule has 0 atom stereocenters. The zero-order chi connectivity index (χ0) is 20.0. The van der Waals surface area contributed by atoms with Gasteiger partial charge in [0.05, 0.1) is 4.90 Å². The summed E-state index contributed by atoms with van der Waals surface area (Å²) in [5.41, 5.74) is 2.82. The Morgan fingerprint density at radius 2 is 1.74 bits per heavy atom. The van der Waals surface area contributed by atoms with Gasteiger partial charge in [0.25, 0.3) is 5.91 Å². The predicted octanol–water partition coefficient (Wildman–Crippen LogP) is 2.69. The van der Waals surface area contributed by atoms with Crippen molar-refractivity contribution in [2.24, 2.45) is 0 Å². The Balaban J connectivity index is 1.91. The maximum absolute atomic E-state index is 12.2. The molecule has 2 N–H and O–H groups in total. The monoisotopic (exact) mass is 390 g/mol. The van der Waals surface area contributed by atoms with Gasteiger partial charge in [-0.2, -0.15) is 0 Å². The molecule has 0 aromatic heterocycles. The van der Waals surface area contributed by atoms with E-state index < -0.39 is 10.0 Å². The SMILES string of the molecule is Cc1ccc(CNC(=O)COc2ccc(S(=O)(=O)NC(C)C)cc2C)cc1. The van der Waals surface area contributed by atoms with E-state index in [4.69, 9.17) is 4.74 Å². The normalized spacial score (nSPS) is 11.4. The van der Waals surface area contributed by atoms with Crippen LogP contribution in [-0.4, -0.2) is 27.0 Å². The summed E-state index contributed by atoms with van der Waals surface area (Å²) in [6, 6.07) is 12.3. The van der Waals surface area contributed by atoms with Crippen molar-refractivity contribution in [3.63, 3.8) is 0 Å². The average molecular weight is 391 g/mol. The second-order valence-corrected chi connectivity index (χ2v) is 8.47. The fourth-order valence-electron chi connectivity index (χ4n) is 2.43. The highest BCUT2D eigenvalue weighted by atomic mass is 32.2. The van der Waals surface area contributed by atoms with Crippen molar-refractivity contribution in [1.82, 2.24) is 10.0 Å². The van der Waals surface area contributed by atoms with Gasteiger partial charge in [-0.1, -0.05) is 29.8 Å². The Bertz CT molecular complexity index is 891. The van der Waals surface area contributed by atoms with E-state index in [1.54, 1.807) is 26.8 Å². The fourth-order valence-corrected chi connectivity index (χ4v) is 3.77. The molecule has 2 aromatic rings. The molecule has 146 valence electrons. The number of rotatable bonds is 8. The first-order chi connectivity index (χ1) is 12.7. The molecule has 0 unspecified atom stereocenters. The molecule has 1 amide bonds. The molecule has 27 heavy (non-hydrogen) atoms. The molecule has 2 rings (SSSR count). The topological polar surface area (TPSA) is 84.5 Å². The van der Waals surface area contributed by atoms with Gasteiger partial charge in [0.2, 0.25) is 10.0 Å². The highest BCUT2D eigenvalue weighted by molar-refractivity contribution is 7.89. The molecule has 6 nitrogen and oxygen atoms in total. The van der Waals surface area contributed by atoms with Crippen molar-refractivity contribution in [3.8, 4) is 5.75 Å². The lowest BCUT2D eigenvalue weighted by atomic mass is 10.1. The third-order valence-electron chi connectivity index (χ3n) is 3.82. The third kappa shape index (κ3) is 6.37. The minimum Gasteiger partial charge on any atom is -0.484 e. The van der Waals surface area contributed by atoms with Gasteiger partial charge in [0.15, 0.2) is 6.61 Å². The molecule has 7 heteroatoms. The first kappa shape index (κ1) is 20.9. The molecule has 0 aliphatic rings. The largest absolute Gasteiger partial charge is 0.484 e. The number of amides is 1. The Kier molecular flexibility index (Phi) is 6.98. The molecule has 0 saturated carbocycles. The highest BCUT2D eigenvalue weighted by Gasteiger charge is 2.16. The van der Waals surface area contributed by atoms with Crippen molar-refractivity contribution >= 4 is 15.9 Å². The molecule has 0 heterocycles. The summed E-state index contributed by atoms with van der Waals surface area (Å²) in [6.45, 7) is 7.57. The molecule has 0 radical (unpaired) electrons. The van der Waals surface area contributed by atoms with E-state index in [0.29, 0.717) is 17.9 Å². The lowest BCUT2D eigenvalue weighted by molar-refractivity contribution is -0.123. The van der Waals surface area contributed by atoms with Gasteiger partial charge in [-0.15, -0.1) is 0 Å². The van der Waals surface area contributed by atoms with Crippen molar-refractivity contribution in [3.05, 3.63) is 59.2 Å². The van der Waals surface area contributed by atoms with Crippen LogP contribution in [0, 0.1) is 13.8 Å². The van der Waals surface area contributed by atoms with Crippen molar-refractivity contribution in [2.45, 2.75) is 45.2 Å². The van der Waals surface area contributed by atoms with E-state index in [-0.39, 0.29) is 23.5 Å². The summed E-state index contributed by atoms with van der Waals surface area (Å²) < 4.78 is 32.5. The van der Waals surface area contributed by atoms with Crippen LogP contribution in [0.2, 0.25) is 0 Å². The zero-order valence-electron chi connectivity index (χ0n) is 16.1. The molecule has 2 aromatic carbocycles. The van der Waals surface area contributed by atoms with Crippen molar-refractivity contribution in [2.75, 3.05) is 6.61 Å². The van der Waals surface area contributed by atoms with Crippen molar-refractivity contribution in [1.29, 1.82) is 0 Å². The van der Waals surface area contributed by atoms with Crippen LogP contribution >= 0.6 is 0 Å². The smallest absolute Gasteiger partial charge is 0.258 e. The van der Waals surface area contributed by atoms with Gasteiger partial charge in [0, 0.05) is 12.6 Å². The van der Waals surface area contributed by atoms with E-state index >= 15 is 0 Å². The molecule has 0 bridgehead atoms. The third-order valence-corrected chi connectivity index (χ3v) is 5.47. The number of hydrogen-bond acceptors (Lipinski definition) is 4. The number of carbonyl (C=O) groups is 1. The van der Waals surface area contributed by atoms with Crippen LogP contribution in [0.4, 0.5) is 0 Å². The van der Waals surface area contributed by atoms with Crippen LogP contribution in [0.15, 0.2) is 47.4 Å². The van der Waals surface area contributed by atoms with E-state index in [9.17, 15) is 13.2 Å². The van der Waals surface area contributed by atoms with Gasteiger partial charge in [-0.05, 0) is 57.0 Å². The van der Waals surface area contributed by atoms with Gasteiger partial charge in [-0.3, -0.25) is 4.79 Å². The van der Waals surface area contributed by atoms with Gasteiger partial charge < -0.3 is 10.1 Å². The Hall–Kier alpha value is -2.38. The van der Waals surface area contributed by atoms with Crippen LogP contribution in [0.5, 0.6) is 5.75 Å². The van der Waals surface area contributed by atoms with Crippen LogP contribution in [0.25, 0.3) is 0 Å². The second kappa shape index (κ2) is 9.01. The van der Waals surface area contributed by atoms with Gasteiger partial charge in [0.1, 0.15) is 5.75 Å². The molecule has 0 aliphatic carbocycles. The first-order valence-corrected chi connectivity index (χ1v) is 10.2. The quantitative estimate of drug-likeness (QED) is 0.726. The van der Waals surface area contributed by atoms with Crippen LogP contribution < -0.4 is 14.8 Å². The van der Waals surface area contributed by atoms with Gasteiger partial charge in [-0.25, -0.2) is 13.1 Å². The molecule has 0 saturated heterocycles. The Labute approximate surface area is 161 Å². The number of nitrogens with one attached hydrogen (secondary N) is 2. The van der Waals surface area contributed by atoms with E-state index in [0.717, 1.165) is 11.1 Å². The molecular formula is C20H26N2O4S. The summed E-state index contributed by atoms with van der Waals surface area (Å²) in [5.74, 6) is 0.233. The van der Waals surface area contributed by atoms with Crippen LogP contribution in [0.1, 0.15) is 30.5 Å². The molecular weight excluding hydrogens is 364 g/mol. The summed E-state index contributed by atoms with van der Waals surface area (Å²) in [7, 11) is -3.56. The van der Waals surface area contributed by atoms with E-state index in [2.05, 4.69) is 10.0 Å². The predicted molar refractivity (Wildman–Crippen MR) is 105 cm³/mol. The van der Waals surface area contributed by atoms with Crippen LogP contribution in [0.3, 0.4) is 0 Å². The van der Waals surface area contributed by atoms with Gasteiger partial charge >= 0.3 is 0 Å². The summed E-state index contributed by atoms with van der Waals surface area (Å²) in [5, 5.41) is 2.80. The summed E-state index contributed by atoms with van der Waals surface area (Å²) in [6.07, 6.45) is 0. The summed E-state index contributed by atoms with van der Waals surface area (Å²) >= 11 is 0. The molecule has 0 fully saturated rings. The highest BCUT2D eigenvalue weighted by Crippen LogP contribution is 2.22. The summed E-state index contributed by atoms with van der Waals surface area (Å²) in [4.78, 5) is 12.1. The number of sulfonamides is 1. The maximum Gasteiger partial charge on any atom is 0.258 e. The molecule has 0 spiro atoms.